The first-order valence-corrected chi connectivity index (χ1v) is 6.77. The Kier molecular flexibility index (Phi) is 4.25. The van der Waals surface area contributed by atoms with Gasteiger partial charge in [0.2, 0.25) is 5.91 Å². The largest absolute Gasteiger partial charge is 0.390 e. The smallest absolute Gasteiger partial charge is 0.358 e. The van der Waals surface area contributed by atoms with E-state index in [0.717, 1.165) is 11.4 Å². The molecule has 2 aromatic heterocycles. The van der Waals surface area contributed by atoms with E-state index in [1.165, 1.54) is 10.7 Å². The monoisotopic (exact) mass is 306 g/mol. The van der Waals surface area contributed by atoms with Gasteiger partial charge in [-0.2, -0.15) is 9.78 Å². The van der Waals surface area contributed by atoms with Crippen LogP contribution in [-0.2, 0) is 18.4 Å². The topological polar surface area (TPSA) is 108 Å². The number of rotatable bonds is 5. The maximum atomic E-state index is 12.2. The highest BCUT2D eigenvalue weighted by atomic mass is 16.6. The summed E-state index contributed by atoms with van der Waals surface area (Å²) >= 11 is 0. The van der Waals surface area contributed by atoms with Crippen LogP contribution in [0.25, 0.3) is 0 Å². The molecule has 2 heterocycles. The molecule has 1 unspecified atom stereocenters. The second-order valence-electron chi connectivity index (χ2n) is 5.14. The van der Waals surface area contributed by atoms with Gasteiger partial charge in [0.15, 0.2) is 0 Å². The Hall–Kier alpha value is -2.71. The van der Waals surface area contributed by atoms with Crippen molar-refractivity contribution in [3.05, 3.63) is 39.3 Å². The minimum absolute atomic E-state index is 0.264. The van der Waals surface area contributed by atoms with Gasteiger partial charge in [-0.1, -0.05) is 0 Å². The normalized spacial score (nSPS) is 12.2. The Bertz CT molecular complexity index is 717. The fourth-order valence-corrected chi connectivity index (χ4v) is 2.22. The number of hydrogen-bond donors (Lipinski definition) is 1. The fourth-order valence-electron chi connectivity index (χ4n) is 2.22. The average molecular weight is 306 g/mol. The van der Waals surface area contributed by atoms with Crippen LogP contribution < -0.4 is 5.32 Å². The van der Waals surface area contributed by atoms with E-state index in [9.17, 15) is 14.9 Å². The minimum Gasteiger partial charge on any atom is -0.358 e. The maximum absolute atomic E-state index is 12.2. The van der Waals surface area contributed by atoms with Gasteiger partial charge in [0.1, 0.15) is 6.04 Å². The molecule has 0 aromatic carbocycles. The summed E-state index contributed by atoms with van der Waals surface area (Å²) in [6, 6.07) is 2.59. The molecular formula is C13H18N6O3. The van der Waals surface area contributed by atoms with Gasteiger partial charge in [0, 0.05) is 7.05 Å². The van der Waals surface area contributed by atoms with E-state index < -0.39 is 11.0 Å². The first-order chi connectivity index (χ1) is 10.3. The molecule has 0 saturated carbocycles. The van der Waals surface area contributed by atoms with Crippen LogP contribution in [0.4, 0.5) is 5.82 Å². The molecule has 0 bridgehead atoms. The van der Waals surface area contributed by atoms with Crippen molar-refractivity contribution in [2.75, 3.05) is 0 Å². The number of nitrogens with zero attached hydrogens (tertiary/aromatic N) is 5. The highest BCUT2D eigenvalue weighted by Crippen LogP contribution is 2.16. The summed E-state index contributed by atoms with van der Waals surface area (Å²) in [5.41, 5.74) is 2.31. The van der Waals surface area contributed by atoms with Gasteiger partial charge < -0.3 is 15.4 Å². The fraction of sp³-hybridized carbons (Fsp3) is 0.462. The van der Waals surface area contributed by atoms with E-state index in [1.807, 2.05) is 13.0 Å². The SMILES string of the molecule is Cc1cc(CNC(=O)C(C)n2nc([N+](=O)[O-])cc2C)n(C)n1. The quantitative estimate of drug-likeness (QED) is 0.655. The van der Waals surface area contributed by atoms with E-state index in [0.29, 0.717) is 12.2 Å². The molecule has 0 spiro atoms. The Morgan fingerprint density at radius 2 is 2.09 bits per heavy atom. The molecular weight excluding hydrogens is 288 g/mol. The third-order valence-electron chi connectivity index (χ3n) is 3.39. The van der Waals surface area contributed by atoms with Crippen LogP contribution in [0.15, 0.2) is 12.1 Å². The first-order valence-electron chi connectivity index (χ1n) is 6.77. The van der Waals surface area contributed by atoms with E-state index in [-0.39, 0.29) is 11.7 Å². The van der Waals surface area contributed by atoms with Crippen molar-refractivity contribution in [2.45, 2.75) is 33.4 Å². The van der Waals surface area contributed by atoms with Crippen LogP contribution >= 0.6 is 0 Å². The molecule has 2 aromatic rings. The Morgan fingerprint density at radius 3 is 2.59 bits per heavy atom. The van der Waals surface area contributed by atoms with Gasteiger partial charge in [-0.05, 0) is 31.8 Å². The van der Waals surface area contributed by atoms with E-state index in [4.69, 9.17) is 0 Å². The summed E-state index contributed by atoms with van der Waals surface area (Å²) in [6.07, 6.45) is 0. The number of nitrogens with one attached hydrogen (secondary N) is 1. The number of aromatic nitrogens is 4. The number of carbonyl (C=O) groups excluding carboxylic acids is 1. The number of nitro groups is 1. The lowest BCUT2D eigenvalue weighted by Crippen LogP contribution is -2.32. The molecule has 0 aliphatic rings. The van der Waals surface area contributed by atoms with Crippen molar-refractivity contribution >= 4 is 11.7 Å². The molecule has 1 atom stereocenters. The number of carbonyl (C=O) groups is 1. The molecule has 0 radical (unpaired) electrons. The summed E-state index contributed by atoms with van der Waals surface area (Å²) in [6.45, 7) is 5.53. The van der Waals surface area contributed by atoms with E-state index in [2.05, 4.69) is 15.5 Å². The highest BCUT2D eigenvalue weighted by Gasteiger charge is 2.24. The Morgan fingerprint density at radius 1 is 1.41 bits per heavy atom. The van der Waals surface area contributed by atoms with Gasteiger partial charge in [-0.3, -0.25) is 9.48 Å². The van der Waals surface area contributed by atoms with Crippen LogP contribution in [0.3, 0.4) is 0 Å². The summed E-state index contributed by atoms with van der Waals surface area (Å²) in [5, 5.41) is 21.6. The zero-order chi connectivity index (χ0) is 16.4. The molecule has 1 amide bonds. The molecule has 0 aliphatic heterocycles. The lowest BCUT2D eigenvalue weighted by Gasteiger charge is -2.11. The van der Waals surface area contributed by atoms with Gasteiger partial charge in [-0.15, -0.1) is 0 Å². The second-order valence-corrected chi connectivity index (χ2v) is 5.14. The molecule has 9 nitrogen and oxygen atoms in total. The first kappa shape index (κ1) is 15.7. The van der Waals surface area contributed by atoms with Crippen molar-refractivity contribution in [2.24, 2.45) is 7.05 Å². The molecule has 118 valence electrons. The van der Waals surface area contributed by atoms with Crippen LogP contribution in [0.1, 0.15) is 30.0 Å². The lowest BCUT2D eigenvalue weighted by atomic mass is 10.3. The predicted octanol–water partition coefficient (Wildman–Crippen LogP) is 1.02. The van der Waals surface area contributed by atoms with Crippen LogP contribution in [0.5, 0.6) is 0 Å². The summed E-state index contributed by atoms with van der Waals surface area (Å²) < 4.78 is 3.05. The van der Waals surface area contributed by atoms with Crippen molar-refractivity contribution < 1.29 is 9.72 Å². The third kappa shape index (κ3) is 3.13. The molecule has 1 N–H and O–H groups in total. The predicted molar refractivity (Wildman–Crippen MR) is 78.1 cm³/mol. The molecule has 0 aliphatic carbocycles. The number of aryl methyl sites for hydroxylation is 3. The Labute approximate surface area is 127 Å². The number of hydrogen-bond acceptors (Lipinski definition) is 5. The molecule has 0 fully saturated rings. The van der Waals surface area contributed by atoms with E-state index in [1.54, 1.807) is 25.6 Å². The van der Waals surface area contributed by atoms with Gasteiger partial charge in [0.05, 0.1) is 34.8 Å². The van der Waals surface area contributed by atoms with Crippen LogP contribution in [-0.4, -0.2) is 30.4 Å². The van der Waals surface area contributed by atoms with Crippen LogP contribution in [0.2, 0.25) is 0 Å². The second kappa shape index (κ2) is 5.96. The molecule has 22 heavy (non-hydrogen) atoms. The zero-order valence-electron chi connectivity index (χ0n) is 12.9. The van der Waals surface area contributed by atoms with Crippen LogP contribution in [0, 0.1) is 24.0 Å². The summed E-state index contributed by atoms with van der Waals surface area (Å²) in [4.78, 5) is 22.3. The highest BCUT2D eigenvalue weighted by molar-refractivity contribution is 5.79. The standard InChI is InChI=1S/C13H18N6O3/c1-8-5-11(17(4)15-8)7-14-13(20)10(3)18-9(2)6-12(16-18)19(21)22/h5-6,10H,7H2,1-4H3,(H,14,20). The summed E-state index contributed by atoms with van der Waals surface area (Å²) in [7, 11) is 1.80. The van der Waals surface area contributed by atoms with Gasteiger partial charge in [0.25, 0.3) is 0 Å². The van der Waals surface area contributed by atoms with Gasteiger partial charge >= 0.3 is 5.82 Å². The van der Waals surface area contributed by atoms with Gasteiger partial charge in [-0.25, -0.2) is 0 Å². The maximum Gasteiger partial charge on any atom is 0.390 e. The molecule has 2 rings (SSSR count). The van der Waals surface area contributed by atoms with E-state index >= 15 is 0 Å². The van der Waals surface area contributed by atoms with Crippen molar-refractivity contribution in [1.29, 1.82) is 0 Å². The molecule has 0 saturated heterocycles. The third-order valence-corrected chi connectivity index (χ3v) is 3.39. The average Bonchev–Trinajstić information content (AvgIpc) is 2.98. The zero-order valence-corrected chi connectivity index (χ0v) is 12.9. The van der Waals surface area contributed by atoms with Crippen molar-refractivity contribution in [3.8, 4) is 0 Å². The lowest BCUT2D eigenvalue weighted by molar-refractivity contribution is -0.389. The number of amides is 1. The molecule has 9 heteroatoms. The summed E-state index contributed by atoms with van der Waals surface area (Å²) in [5.74, 6) is -0.528. The minimum atomic E-state index is -0.636. The van der Waals surface area contributed by atoms with Crippen molar-refractivity contribution in [1.82, 2.24) is 24.9 Å². The Balaban J connectivity index is 2.06. The van der Waals surface area contributed by atoms with Crippen molar-refractivity contribution in [3.63, 3.8) is 0 Å².